The van der Waals surface area contributed by atoms with Gasteiger partial charge in [-0.15, -0.1) is 0 Å². The van der Waals surface area contributed by atoms with E-state index in [1.165, 1.54) is 24.7 Å². The number of hydrogen-bond acceptors (Lipinski definition) is 4. The van der Waals surface area contributed by atoms with E-state index >= 15 is 0 Å². The first-order valence-corrected chi connectivity index (χ1v) is 10.3. The summed E-state index contributed by atoms with van der Waals surface area (Å²) in [5.41, 5.74) is 3.90. The molecule has 2 aromatic heterocycles. The zero-order valence-electron chi connectivity index (χ0n) is 18.1. The average Bonchev–Trinajstić information content (AvgIpc) is 3.12. The maximum absolute atomic E-state index is 13.1. The number of nitrogens with zero attached hydrogens (tertiary/aromatic N) is 2. The maximum atomic E-state index is 13.1. The SMILES string of the molecule is Cc1ccc(-c2ccc(-n3c(=O)c4cc5c(=O)n(C)c(=O)c5cc4c3=O)cc2C)c(C)c1. The minimum atomic E-state index is -0.499. The van der Waals surface area contributed by atoms with Crippen molar-refractivity contribution >= 4 is 21.5 Å². The maximum Gasteiger partial charge on any atom is 0.266 e. The predicted molar refractivity (Wildman–Crippen MR) is 127 cm³/mol. The van der Waals surface area contributed by atoms with Gasteiger partial charge in [-0.25, -0.2) is 4.57 Å². The second kappa shape index (κ2) is 6.72. The molecule has 0 fully saturated rings. The molecule has 5 rings (SSSR count). The zero-order valence-corrected chi connectivity index (χ0v) is 18.1. The third-order valence-corrected chi connectivity index (χ3v) is 6.24. The van der Waals surface area contributed by atoms with Crippen LogP contribution >= 0.6 is 0 Å². The average molecular weight is 424 g/mol. The van der Waals surface area contributed by atoms with Crippen LogP contribution in [0, 0.1) is 20.8 Å². The van der Waals surface area contributed by atoms with Gasteiger partial charge in [-0.1, -0.05) is 29.8 Å². The van der Waals surface area contributed by atoms with Crippen LogP contribution in [0.25, 0.3) is 38.4 Å². The second-order valence-electron chi connectivity index (χ2n) is 8.38. The first-order valence-electron chi connectivity index (χ1n) is 10.3. The van der Waals surface area contributed by atoms with Gasteiger partial charge >= 0.3 is 0 Å². The first kappa shape index (κ1) is 19.9. The number of fused-ring (bicyclic) bond motifs is 2. The number of aromatic nitrogens is 2. The van der Waals surface area contributed by atoms with E-state index in [4.69, 9.17) is 0 Å². The fraction of sp³-hybridized carbons (Fsp3) is 0.154. The lowest BCUT2D eigenvalue weighted by Gasteiger charge is -2.12. The van der Waals surface area contributed by atoms with Crippen molar-refractivity contribution in [3.8, 4) is 16.8 Å². The molecule has 0 radical (unpaired) electrons. The summed E-state index contributed by atoms with van der Waals surface area (Å²) in [7, 11) is 1.38. The van der Waals surface area contributed by atoms with Crippen LogP contribution in [0.15, 0.2) is 67.7 Å². The second-order valence-corrected chi connectivity index (χ2v) is 8.38. The molecule has 0 spiro atoms. The Morgan fingerprint density at radius 2 is 1.03 bits per heavy atom. The highest BCUT2D eigenvalue weighted by atomic mass is 16.2. The molecule has 0 atom stereocenters. The van der Waals surface area contributed by atoms with E-state index in [2.05, 4.69) is 25.1 Å². The van der Waals surface area contributed by atoms with Crippen molar-refractivity contribution in [2.24, 2.45) is 7.05 Å². The van der Waals surface area contributed by atoms with Crippen LogP contribution in [-0.4, -0.2) is 9.13 Å². The number of aryl methyl sites for hydroxylation is 3. The third-order valence-electron chi connectivity index (χ3n) is 6.24. The van der Waals surface area contributed by atoms with E-state index < -0.39 is 22.2 Å². The van der Waals surface area contributed by atoms with Crippen molar-refractivity contribution in [1.29, 1.82) is 0 Å². The molecule has 5 aromatic rings. The smallest absolute Gasteiger partial charge is 0.266 e. The predicted octanol–water partition coefficient (Wildman–Crippen LogP) is 3.03. The van der Waals surface area contributed by atoms with E-state index in [9.17, 15) is 19.2 Å². The number of hydrogen-bond donors (Lipinski definition) is 0. The summed E-state index contributed by atoms with van der Waals surface area (Å²) in [5, 5.41) is 0.587. The molecule has 6 nitrogen and oxygen atoms in total. The van der Waals surface area contributed by atoms with Crippen molar-refractivity contribution in [2.75, 3.05) is 0 Å². The summed E-state index contributed by atoms with van der Waals surface area (Å²) >= 11 is 0. The lowest BCUT2D eigenvalue weighted by molar-refractivity contribution is 0.856. The van der Waals surface area contributed by atoms with E-state index in [1.54, 1.807) is 6.07 Å². The molecule has 0 unspecified atom stereocenters. The molecule has 3 aromatic carbocycles. The van der Waals surface area contributed by atoms with E-state index in [-0.39, 0.29) is 21.5 Å². The molecule has 32 heavy (non-hydrogen) atoms. The van der Waals surface area contributed by atoms with Gasteiger partial charge in [0.15, 0.2) is 0 Å². The molecule has 0 N–H and O–H groups in total. The molecule has 2 heterocycles. The molecule has 158 valence electrons. The summed E-state index contributed by atoms with van der Waals surface area (Å²) in [6, 6.07) is 14.5. The van der Waals surface area contributed by atoms with Gasteiger partial charge in [-0.2, -0.15) is 0 Å². The van der Waals surface area contributed by atoms with E-state index in [0.29, 0.717) is 5.69 Å². The number of benzene rings is 3. The molecule has 0 saturated carbocycles. The fourth-order valence-corrected chi connectivity index (χ4v) is 4.53. The summed E-state index contributed by atoms with van der Waals surface area (Å²) in [6.07, 6.45) is 0. The van der Waals surface area contributed by atoms with Crippen LogP contribution in [0.4, 0.5) is 0 Å². The monoisotopic (exact) mass is 424 g/mol. The molecule has 6 heteroatoms. The Bertz CT molecular complexity index is 1720. The van der Waals surface area contributed by atoms with Crippen LogP contribution in [0.2, 0.25) is 0 Å². The van der Waals surface area contributed by atoms with Gasteiger partial charge in [0.05, 0.1) is 27.2 Å². The van der Waals surface area contributed by atoms with Gasteiger partial charge in [0.25, 0.3) is 22.2 Å². The summed E-state index contributed by atoms with van der Waals surface area (Å²) in [6.45, 7) is 6.04. The van der Waals surface area contributed by atoms with Crippen LogP contribution in [0.1, 0.15) is 16.7 Å². The Morgan fingerprint density at radius 1 is 0.562 bits per heavy atom. The van der Waals surface area contributed by atoms with Crippen molar-refractivity contribution < 1.29 is 0 Å². The fourth-order valence-electron chi connectivity index (χ4n) is 4.53. The lowest BCUT2D eigenvalue weighted by Crippen LogP contribution is -2.23. The van der Waals surface area contributed by atoms with Crippen LogP contribution < -0.4 is 22.2 Å². The normalized spacial score (nSPS) is 11.6. The molecular formula is C26H20N2O4. The summed E-state index contributed by atoms with van der Waals surface area (Å²) in [4.78, 5) is 50.9. The molecule has 0 aliphatic carbocycles. The first-order chi connectivity index (χ1) is 15.2. The van der Waals surface area contributed by atoms with Crippen molar-refractivity contribution in [3.63, 3.8) is 0 Å². The van der Waals surface area contributed by atoms with Crippen molar-refractivity contribution in [2.45, 2.75) is 20.8 Å². The van der Waals surface area contributed by atoms with Crippen molar-refractivity contribution in [3.05, 3.63) is 107 Å². The minimum Gasteiger partial charge on any atom is -0.277 e. The Balaban J connectivity index is 1.74. The van der Waals surface area contributed by atoms with Gasteiger partial charge in [-0.05, 0) is 67.3 Å². The highest BCUT2D eigenvalue weighted by Gasteiger charge is 2.19. The zero-order chi connectivity index (χ0) is 22.9. The molecule has 0 aliphatic heterocycles. The number of rotatable bonds is 2. The lowest BCUT2D eigenvalue weighted by atomic mass is 9.95. The standard InChI is InChI=1S/C26H20N2O4/c1-13-5-7-17(14(2)9-13)18-8-6-16(10-15(18)3)28-25(31)21-11-19-20(12-22(21)26(28)32)24(30)27(4)23(19)29/h5-12H,1-4H3. The molecule has 0 aliphatic rings. The Labute approximate surface area is 182 Å². The van der Waals surface area contributed by atoms with Gasteiger partial charge in [-0.3, -0.25) is 23.7 Å². The minimum absolute atomic E-state index is 0.140. The Kier molecular flexibility index (Phi) is 4.17. The molecule has 0 bridgehead atoms. The van der Waals surface area contributed by atoms with Crippen LogP contribution in [-0.2, 0) is 7.05 Å². The van der Waals surface area contributed by atoms with E-state index in [0.717, 1.165) is 31.4 Å². The Hall–Kier alpha value is -4.06. The highest BCUT2D eigenvalue weighted by Crippen LogP contribution is 2.28. The Morgan fingerprint density at radius 3 is 1.53 bits per heavy atom. The van der Waals surface area contributed by atoms with Gasteiger partial charge < -0.3 is 0 Å². The summed E-state index contributed by atoms with van der Waals surface area (Å²) in [5.74, 6) is 0. The molecule has 0 saturated heterocycles. The van der Waals surface area contributed by atoms with Crippen LogP contribution in [0.5, 0.6) is 0 Å². The van der Waals surface area contributed by atoms with Crippen molar-refractivity contribution in [1.82, 2.24) is 9.13 Å². The third kappa shape index (κ3) is 2.66. The largest absolute Gasteiger partial charge is 0.277 e. The topological polar surface area (TPSA) is 78.1 Å². The molecular weight excluding hydrogens is 404 g/mol. The van der Waals surface area contributed by atoms with Gasteiger partial charge in [0.1, 0.15) is 0 Å². The quantitative estimate of drug-likeness (QED) is 0.436. The van der Waals surface area contributed by atoms with Crippen LogP contribution in [0.3, 0.4) is 0 Å². The highest BCUT2D eigenvalue weighted by molar-refractivity contribution is 5.98. The van der Waals surface area contributed by atoms with E-state index in [1.807, 2.05) is 26.0 Å². The summed E-state index contributed by atoms with van der Waals surface area (Å²) < 4.78 is 2.10. The molecule has 0 amide bonds. The van der Waals surface area contributed by atoms with Gasteiger partial charge in [0.2, 0.25) is 0 Å². The van der Waals surface area contributed by atoms with Gasteiger partial charge in [0, 0.05) is 7.05 Å².